The fourth-order valence-corrected chi connectivity index (χ4v) is 6.03. The highest BCUT2D eigenvalue weighted by Crippen LogP contribution is 2.53. The van der Waals surface area contributed by atoms with Gasteiger partial charge in [-0.25, -0.2) is 4.79 Å². The van der Waals surface area contributed by atoms with Crippen LogP contribution in [0.3, 0.4) is 0 Å². The number of carbonyl (C=O) groups is 2. The number of allylic oxidation sites excluding steroid dienone is 2. The summed E-state index contributed by atoms with van der Waals surface area (Å²) in [5.74, 6) is -0.333. The summed E-state index contributed by atoms with van der Waals surface area (Å²) in [4.78, 5) is 24.7. The van der Waals surface area contributed by atoms with E-state index in [0.29, 0.717) is 19.6 Å². The van der Waals surface area contributed by atoms with Crippen LogP contribution < -0.4 is 16.0 Å². The highest BCUT2D eigenvalue weighted by atomic mass is 16.6. The quantitative estimate of drug-likeness (QED) is 0.264. The lowest BCUT2D eigenvalue weighted by Crippen LogP contribution is -2.61. The predicted molar refractivity (Wildman–Crippen MR) is 138 cm³/mol. The first-order valence-electron chi connectivity index (χ1n) is 13.5. The van der Waals surface area contributed by atoms with E-state index in [9.17, 15) is 14.7 Å². The molecule has 6 atom stereocenters. The molecule has 206 valence electrons. The zero-order valence-electron chi connectivity index (χ0n) is 22.9. The number of amides is 2. The zero-order valence-corrected chi connectivity index (χ0v) is 22.9. The molecule has 0 bridgehead atoms. The van der Waals surface area contributed by atoms with Crippen LogP contribution in [0.2, 0.25) is 0 Å². The van der Waals surface area contributed by atoms with E-state index in [1.807, 2.05) is 6.92 Å². The number of carbonyl (C=O) groups excluding carboxylic acids is 2. The second kappa shape index (κ2) is 12.2. The molecule has 0 aromatic rings. The first-order valence-corrected chi connectivity index (χ1v) is 13.5. The molecule has 4 unspecified atom stereocenters. The normalized spacial score (nSPS) is 34.2. The van der Waals surface area contributed by atoms with Crippen molar-refractivity contribution in [2.24, 2.45) is 11.8 Å². The number of alkyl carbamates (subject to hydrolysis) is 1. The summed E-state index contributed by atoms with van der Waals surface area (Å²) in [5, 5.41) is 20.6. The van der Waals surface area contributed by atoms with Crippen molar-refractivity contribution in [3.05, 3.63) is 11.6 Å². The van der Waals surface area contributed by atoms with Gasteiger partial charge in [-0.15, -0.1) is 0 Å². The van der Waals surface area contributed by atoms with Crippen molar-refractivity contribution in [3.8, 4) is 0 Å². The molecule has 3 aliphatic rings. The molecule has 1 spiro atoms. The van der Waals surface area contributed by atoms with E-state index in [1.54, 1.807) is 14.2 Å². The SMILES string of the molecule is CNCC(=O)NC1CCC(NC(=O)OC2CC[C@]3(CO3)C(C(C)(O)[C@H](C)CC=C(C)C)C2OC)CC1. The van der Waals surface area contributed by atoms with Crippen LogP contribution >= 0.6 is 0 Å². The summed E-state index contributed by atoms with van der Waals surface area (Å²) in [6.45, 7) is 8.93. The Morgan fingerprint density at radius 3 is 2.31 bits per heavy atom. The first-order chi connectivity index (χ1) is 17.0. The maximum atomic E-state index is 12.9. The van der Waals surface area contributed by atoms with Crippen molar-refractivity contribution < 1.29 is 28.9 Å². The molecule has 4 N–H and O–H groups in total. The number of likely N-dealkylation sites (N-methyl/N-ethyl adjacent to an activating group) is 1. The van der Waals surface area contributed by atoms with Gasteiger partial charge < -0.3 is 35.3 Å². The van der Waals surface area contributed by atoms with Crippen molar-refractivity contribution in [2.45, 2.75) is 108 Å². The Hall–Kier alpha value is -1.68. The first kappa shape index (κ1) is 28.9. The number of nitrogens with one attached hydrogen (secondary N) is 3. The lowest BCUT2D eigenvalue weighted by Gasteiger charge is -2.49. The van der Waals surface area contributed by atoms with E-state index in [4.69, 9.17) is 14.2 Å². The van der Waals surface area contributed by atoms with Crippen molar-refractivity contribution in [1.82, 2.24) is 16.0 Å². The molecule has 0 radical (unpaired) electrons. The highest BCUT2D eigenvalue weighted by Gasteiger charge is 2.65. The molecule has 2 aliphatic carbocycles. The Kier molecular flexibility index (Phi) is 9.82. The second-order valence-electron chi connectivity index (χ2n) is 11.4. The van der Waals surface area contributed by atoms with Crippen LogP contribution in [0.1, 0.15) is 72.6 Å². The topological polar surface area (TPSA) is 121 Å². The van der Waals surface area contributed by atoms with E-state index in [2.05, 4.69) is 42.8 Å². The molecule has 3 fully saturated rings. The molecule has 1 heterocycles. The fourth-order valence-electron chi connectivity index (χ4n) is 6.03. The number of rotatable bonds is 10. The van der Waals surface area contributed by atoms with Crippen LogP contribution in [0.4, 0.5) is 4.79 Å². The zero-order chi connectivity index (χ0) is 26.5. The van der Waals surface area contributed by atoms with Crippen LogP contribution in [0, 0.1) is 11.8 Å². The molecular formula is C27H47N3O6. The summed E-state index contributed by atoms with van der Waals surface area (Å²) >= 11 is 0. The van der Waals surface area contributed by atoms with Gasteiger partial charge in [0.05, 0.1) is 24.4 Å². The number of hydrogen-bond acceptors (Lipinski definition) is 7. The molecule has 3 rings (SSSR count). The third kappa shape index (κ3) is 7.00. The average Bonchev–Trinajstić information content (AvgIpc) is 3.59. The minimum Gasteiger partial charge on any atom is -0.443 e. The van der Waals surface area contributed by atoms with Crippen molar-refractivity contribution in [1.29, 1.82) is 0 Å². The molecule has 36 heavy (non-hydrogen) atoms. The van der Waals surface area contributed by atoms with Gasteiger partial charge in [0.25, 0.3) is 0 Å². The number of ether oxygens (including phenoxy) is 3. The van der Waals surface area contributed by atoms with Gasteiger partial charge in [0.1, 0.15) is 12.2 Å². The van der Waals surface area contributed by atoms with Gasteiger partial charge in [0, 0.05) is 25.1 Å². The van der Waals surface area contributed by atoms with Gasteiger partial charge in [0.15, 0.2) is 0 Å². The van der Waals surface area contributed by atoms with E-state index < -0.39 is 29.5 Å². The lowest BCUT2D eigenvalue weighted by molar-refractivity contribution is -0.178. The summed E-state index contributed by atoms with van der Waals surface area (Å²) in [5.41, 5.74) is -0.262. The Labute approximate surface area is 216 Å². The summed E-state index contributed by atoms with van der Waals surface area (Å²) in [6, 6.07) is 0.155. The molecular weight excluding hydrogens is 462 g/mol. The predicted octanol–water partition coefficient (Wildman–Crippen LogP) is 2.67. The Morgan fingerprint density at radius 2 is 1.78 bits per heavy atom. The van der Waals surface area contributed by atoms with Gasteiger partial charge in [0.2, 0.25) is 5.91 Å². The van der Waals surface area contributed by atoms with Crippen molar-refractivity contribution in [3.63, 3.8) is 0 Å². The molecule has 2 saturated carbocycles. The van der Waals surface area contributed by atoms with E-state index in [-0.39, 0.29) is 29.8 Å². The molecule has 2 amide bonds. The van der Waals surface area contributed by atoms with Gasteiger partial charge in [-0.2, -0.15) is 0 Å². The van der Waals surface area contributed by atoms with Gasteiger partial charge >= 0.3 is 6.09 Å². The second-order valence-corrected chi connectivity index (χ2v) is 11.4. The maximum Gasteiger partial charge on any atom is 0.407 e. The van der Waals surface area contributed by atoms with Gasteiger partial charge in [-0.3, -0.25) is 4.79 Å². The average molecular weight is 510 g/mol. The smallest absolute Gasteiger partial charge is 0.407 e. The van der Waals surface area contributed by atoms with Crippen molar-refractivity contribution >= 4 is 12.0 Å². The lowest BCUT2D eigenvalue weighted by atomic mass is 9.63. The van der Waals surface area contributed by atoms with Crippen LogP contribution in [0.5, 0.6) is 0 Å². The largest absolute Gasteiger partial charge is 0.443 e. The Bertz CT molecular complexity index is 784. The van der Waals surface area contributed by atoms with Crippen molar-refractivity contribution in [2.75, 3.05) is 27.3 Å². The minimum absolute atomic E-state index is 0.00533. The number of methoxy groups -OCH3 is 1. The van der Waals surface area contributed by atoms with Gasteiger partial charge in [-0.05, 0) is 78.7 Å². The maximum absolute atomic E-state index is 12.9. The van der Waals surface area contributed by atoms with Crippen LogP contribution in [0.25, 0.3) is 0 Å². The standard InChI is InChI=1S/C27H47N3O6/c1-17(2)7-8-18(3)26(4,33)24-23(34-6)21(13-14-27(24)16-35-27)36-25(32)30-20-11-9-19(10-12-20)29-22(31)15-28-5/h7,18-21,23-24,28,33H,8-16H2,1-6H3,(H,29,31)(H,30,32)/t18-,19?,20?,21?,23?,24?,26?,27+/m1/s1. The Morgan fingerprint density at radius 1 is 1.17 bits per heavy atom. The summed E-state index contributed by atoms with van der Waals surface area (Å²) in [6.07, 6.45) is 6.08. The molecule has 0 aromatic carbocycles. The van der Waals surface area contributed by atoms with Crippen LogP contribution in [-0.4, -0.2) is 79.9 Å². The molecule has 9 nitrogen and oxygen atoms in total. The van der Waals surface area contributed by atoms with Gasteiger partial charge in [-0.1, -0.05) is 18.6 Å². The Balaban J connectivity index is 1.58. The molecule has 0 aromatic heterocycles. The van der Waals surface area contributed by atoms with Crippen LogP contribution in [0.15, 0.2) is 11.6 Å². The monoisotopic (exact) mass is 509 g/mol. The third-order valence-electron chi connectivity index (χ3n) is 8.42. The highest BCUT2D eigenvalue weighted by molar-refractivity contribution is 5.78. The molecule has 9 heteroatoms. The fraction of sp³-hybridized carbons (Fsp3) is 0.852. The minimum atomic E-state index is -1.06. The van der Waals surface area contributed by atoms with E-state index in [1.165, 1.54) is 5.57 Å². The number of hydrogen-bond donors (Lipinski definition) is 4. The molecule has 1 saturated heterocycles. The summed E-state index contributed by atoms with van der Waals surface area (Å²) < 4.78 is 17.7. The third-order valence-corrected chi connectivity index (χ3v) is 8.42. The summed E-state index contributed by atoms with van der Waals surface area (Å²) in [7, 11) is 3.37. The molecule has 1 aliphatic heterocycles. The van der Waals surface area contributed by atoms with E-state index in [0.717, 1.165) is 38.5 Å². The number of aliphatic hydroxyl groups is 1. The van der Waals surface area contributed by atoms with Crippen LogP contribution in [-0.2, 0) is 19.0 Å². The van der Waals surface area contributed by atoms with E-state index >= 15 is 0 Å². The number of epoxide rings is 1.